The Bertz CT molecular complexity index is 732. The molecule has 0 heterocycles. The first-order chi connectivity index (χ1) is 11.7. The first kappa shape index (κ1) is 19.9. The molecule has 0 aliphatic heterocycles. The number of unbranched alkanes of at least 4 members (excludes halogenated alkanes) is 1. The predicted octanol–water partition coefficient (Wildman–Crippen LogP) is 2.22. The summed E-state index contributed by atoms with van der Waals surface area (Å²) in [4.78, 5) is 45.2. The van der Waals surface area contributed by atoms with Crippen LogP contribution in [0.3, 0.4) is 0 Å². The zero-order valence-electron chi connectivity index (χ0n) is 13.6. The second kappa shape index (κ2) is 8.62. The second-order valence-corrected chi connectivity index (χ2v) is 5.30. The van der Waals surface area contributed by atoms with Crippen molar-refractivity contribution in [3.8, 4) is 0 Å². The van der Waals surface area contributed by atoms with Gasteiger partial charge in [0.2, 0.25) is 0 Å². The van der Waals surface area contributed by atoms with Crippen LogP contribution in [0.5, 0.6) is 0 Å². The van der Waals surface area contributed by atoms with Gasteiger partial charge in [0.15, 0.2) is 0 Å². The Morgan fingerprint density at radius 1 is 0.960 bits per heavy atom. The number of carboxylic acids is 3. The van der Waals surface area contributed by atoms with E-state index in [9.17, 15) is 29.4 Å². The summed E-state index contributed by atoms with van der Waals surface area (Å²) in [6, 6.07) is 2.04. The van der Waals surface area contributed by atoms with Crippen LogP contribution < -0.4 is 0 Å². The molecule has 0 unspecified atom stereocenters. The SMILES string of the molecule is C=C(C)C(=O)OCCCCc1c(C(=O)O)ccc(C(=O)O)c1C(=O)O. The van der Waals surface area contributed by atoms with Gasteiger partial charge in [0.05, 0.1) is 23.3 Å². The number of carbonyl (C=O) groups excluding carboxylic acids is 1. The van der Waals surface area contributed by atoms with E-state index in [1.807, 2.05) is 0 Å². The standard InChI is InChI=1S/C17H18O8/c1-9(2)17(24)25-8-4-3-5-10-11(14(18)19)6-7-12(15(20)21)13(10)16(22)23/h6-7H,1,3-5,8H2,2H3,(H,18,19)(H,20,21)(H,22,23). The highest BCUT2D eigenvalue weighted by molar-refractivity contribution is 6.05. The first-order valence-electron chi connectivity index (χ1n) is 7.35. The Balaban J connectivity index is 2.99. The number of ether oxygens (including phenoxy) is 1. The summed E-state index contributed by atoms with van der Waals surface area (Å²) >= 11 is 0. The molecule has 0 radical (unpaired) electrons. The molecule has 0 fully saturated rings. The average Bonchev–Trinajstić information content (AvgIpc) is 2.52. The molecule has 0 saturated carbocycles. The van der Waals surface area contributed by atoms with E-state index in [4.69, 9.17) is 9.84 Å². The van der Waals surface area contributed by atoms with Gasteiger partial charge in [-0.2, -0.15) is 0 Å². The van der Waals surface area contributed by atoms with Crippen molar-refractivity contribution in [2.45, 2.75) is 26.2 Å². The van der Waals surface area contributed by atoms with E-state index in [0.717, 1.165) is 12.1 Å². The van der Waals surface area contributed by atoms with Gasteiger partial charge in [-0.15, -0.1) is 0 Å². The smallest absolute Gasteiger partial charge is 0.336 e. The molecule has 0 atom stereocenters. The number of carboxylic acid groups (broad SMARTS) is 3. The molecule has 0 saturated heterocycles. The number of aromatic carboxylic acids is 3. The maximum absolute atomic E-state index is 11.4. The molecule has 0 aliphatic carbocycles. The van der Waals surface area contributed by atoms with Crippen molar-refractivity contribution in [3.63, 3.8) is 0 Å². The summed E-state index contributed by atoms with van der Waals surface area (Å²) in [5, 5.41) is 27.6. The van der Waals surface area contributed by atoms with Crippen molar-refractivity contribution in [3.05, 3.63) is 46.5 Å². The fourth-order valence-electron chi connectivity index (χ4n) is 2.22. The van der Waals surface area contributed by atoms with Crippen LogP contribution in [0.4, 0.5) is 0 Å². The molecular formula is C17H18O8. The minimum atomic E-state index is -1.51. The number of esters is 1. The molecule has 8 nitrogen and oxygen atoms in total. The lowest BCUT2D eigenvalue weighted by atomic mass is 9.92. The minimum absolute atomic E-state index is 0.0228. The van der Waals surface area contributed by atoms with E-state index in [2.05, 4.69) is 6.58 Å². The Morgan fingerprint density at radius 2 is 1.52 bits per heavy atom. The van der Waals surface area contributed by atoms with Gasteiger partial charge in [0, 0.05) is 5.57 Å². The zero-order chi connectivity index (χ0) is 19.1. The molecule has 1 aromatic carbocycles. The van der Waals surface area contributed by atoms with Crippen LogP contribution in [0.25, 0.3) is 0 Å². The third-order valence-corrected chi connectivity index (χ3v) is 3.39. The number of benzene rings is 1. The Kier molecular flexibility index (Phi) is 6.86. The van der Waals surface area contributed by atoms with E-state index in [0.29, 0.717) is 12.8 Å². The van der Waals surface area contributed by atoms with Crippen LogP contribution in [-0.2, 0) is 16.0 Å². The van der Waals surface area contributed by atoms with Crippen LogP contribution >= 0.6 is 0 Å². The highest BCUT2D eigenvalue weighted by atomic mass is 16.5. The van der Waals surface area contributed by atoms with E-state index in [1.54, 1.807) is 0 Å². The molecule has 0 spiro atoms. The molecule has 0 amide bonds. The molecule has 134 valence electrons. The maximum atomic E-state index is 11.4. The highest BCUT2D eigenvalue weighted by Crippen LogP contribution is 2.22. The summed E-state index contributed by atoms with van der Waals surface area (Å²) in [6.07, 6.45) is 0.691. The van der Waals surface area contributed by atoms with Crippen LogP contribution in [-0.4, -0.2) is 45.8 Å². The van der Waals surface area contributed by atoms with E-state index in [1.165, 1.54) is 6.92 Å². The second-order valence-electron chi connectivity index (χ2n) is 5.30. The van der Waals surface area contributed by atoms with Crippen molar-refractivity contribution >= 4 is 23.9 Å². The van der Waals surface area contributed by atoms with Gasteiger partial charge in [-0.1, -0.05) is 6.58 Å². The van der Waals surface area contributed by atoms with Gasteiger partial charge < -0.3 is 20.1 Å². The van der Waals surface area contributed by atoms with Crippen LogP contribution in [0.2, 0.25) is 0 Å². The Labute approximate surface area is 143 Å². The van der Waals surface area contributed by atoms with Gasteiger partial charge in [-0.3, -0.25) is 0 Å². The van der Waals surface area contributed by atoms with Crippen molar-refractivity contribution in [1.29, 1.82) is 0 Å². The molecule has 0 aromatic heterocycles. The predicted molar refractivity (Wildman–Crippen MR) is 86.0 cm³/mol. The monoisotopic (exact) mass is 350 g/mol. The molecule has 25 heavy (non-hydrogen) atoms. The Morgan fingerprint density at radius 3 is 2.00 bits per heavy atom. The lowest BCUT2D eigenvalue weighted by Crippen LogP contribution is -2.16. The summed E-state index contributed by atoms with van der Waals surface area (Å²) in [5.74, 6) is -4.86. The quantitative estimate of drug-likeness (QED) is 0.350. The largest absolute Gasteiger partial charge is 0.478 e. The molecule has 1 aromatic rings. The summed E-state index contributed by atoms with van der Waals surface area (Å²) < 4.78 is 4.89. The lowest BCUT2D eigenvalue weighted by Gasteiger charge is -2.12. The van der Waals surface area contributed by atoms with E-state index >= 15 is 0 Å². The number of hydrogen-bond donors (Lipinski definition) is 3. The maximum Gasteiger partial charge on any atom is 0.336 e. The van der Waals surface area contributed by atoms with Crippen LogP contribution in [0.15, 0.2) is 24.3 Å². The molecule has 0 aliphatic rings. The van der Waals surface area contributed by atoms with Crippen LogP contribution in [0.1, 0.15) is 56.4 Å². The number of rotatable bonds is 9. The van der Waals surface area contributed by atoms with E-state index < -0.39 is 35.0 Å². The van der Waals surface area contributed by atoms with Crippen molar-refractivity contribution in [2.24, 2.45) is 0 Å². The average molecular weight is 350 g/mol. The van der Waals surface area contributed by atoms with Crippen LogP contribution in [0, 0.1) is 0 Å². The van der Waals surface area contributed by atoms with Gasteiger partial charge >= 0.3 is 23.9 Å². The van der Waals surface area contributed by atoms with Gasteiger partial charge in [0.25, 0.3) is 0 Å². The van der Waals surface area contributed by atoms with E-state index in [-0.39, 0.29) is 29.7 Å². The van der Waals surface area contributed by atoms with Gasteiger partial charge in [-0.25, -0.2) is 19.2 Å². The normalized spacial score (nSPS) is 10.1. The molecule has 8 heteroatoms. The zero-order valence-corrected chi connectivity index (χ0v) is 13.6. The molecule has 0 bridgehead atoms. The lowest BCUT2D eigenvalue weighted by molar-refractivity contribution is -0.139. The Hall–Kier alpha value is -3.16. The summed E-state index contributed by atoms with van der Waals surface area (Å²) in [5.41, 5.74) is -1.09. The summed E-state index contributed by atoms with van der Waals surface area (Å²) in [7, 11) is 0. The third-order valence-electron chi connectivity index (χ3n) is 3.39. The van der Waals surface area contributed by atoms with Gasteiger partial charge in [0.1, 0.15) is 0 Å². The molecule has 1 rings (SSSR count). The third kappa shape index (κ3) is 5.17. The highest BCUT2D eigenvalue weighted by Gasteiger charge is 2.24. The number of carbonyl (C=O) groups is 4. The van der Waals surface area contributed by atoms with Crippen molar-refractivity contribution in [1.82, 2.24) is 0 Å². The number of hydrogen-bond acceptors (Lipinski definition) is 5. The van der Waals surface area contributed by atoms with Crippen molar-refractivity contribution in [2.75, 3.05) is 6.61 Å². The molecular weight excluding hydrogens is 332 g/mol. The van der Waals surface area contributed by atoms with Crippen molar-refractivity contribution < 1.29 is 39.2 Å². The summed E-state index contributed by atoms with van der Waals surface area (Å²) in [6.45, 7) is 4.99. The minimum Gasteiger partial charge on any atom is -0.478 e. The molecule has 3 N–H and O–H groups in total. The first-order valence-corrected chi connectivity index (χ1v) is 7.35. The fourth-order valence-corrected chi connectivity index (χ4v) is 2.22. The topological polar surface area (TPSA) is 138 Å². The van der Waals surface area contributed by atoms with Gasteiger partial charge in [-0.05, 0) is 43.9 Å². The fraction of sp³-hybridized carbons (Fsp3) is 0.294.